The van der Waals surface area contributed by atoms with Crippen molar-refractivity contribution in [2.75, 3.05) is 7.11 Å². The normalized spacial score (nSPS) is 11.2. The molecule has 0 N–H and O–H groups in total. The largest absolute Gasteiger partial charge is 0.495 e. The molecule has 0 fully saturated rings. The molecule has 146 valence electrons. The van der Waals surface area contributed by atoms with Gasteiger partial charge in [0.1, 0.15) is 16.4 Å². The Balaban J connectivity index is 1.70. The van der Waals surface area contributed by atoms with Crippen molar-refractivity contribution in [1.29, 1.82) is 0 Å². The van der Waals surface area contributed by atoms with Gasteiger partial charge in [0, 0.05) is 0 Å². The summed E-state index contributed by atoms with van der Waals surface area (Å²) in [6.45, 7) is 0. The average Bonchev–Trinajstić information content (AvgIpc) is 3.48. The van der Waals surface area contributed by atoms with E-state index in [1.54, 1.807) is 29.9 Å². The van der Waals surface area contributed by atoms with Gasteiger partial charge in [0.05, 0.1) is 23.7 Å². The van der Waals surface area contributed by atoms with Crippen LogP contribution >= 0.6 is 23.1 Å². The minimum absolute atomic E-state index is 0.299. The maximum Gasteiger partial charge on any atom is 0.433 e. The fourth-order valence-corrected chi connectivity index (χ4v) is 4.04. The van der Waals surface area contributed by atoms with E-state index in [1.165, 1.54) is 23.9 Å². The van der Waals surface area contributed by atoms with Crippen LogP contribution in [0.1, 0.15) is 5.76 Å². The maximum atomic E-state index is 10.7. The SMILES string of the molecule is COc1ccccc1-n1c(S/C=C/c2ccc([N+](=O)[O-])o2)nnc1-c1cccs1. The topological polar surface area (TPSA) is 96.2 Å². The van der Waals surface area contributed by atoms with E-state index in [0.29, 0.717) is 22.5 Å². The summed E-state index contributed by atoms with van der Waals surface area (Å²) in [6, 6.07) is 14.4. The van der Waals surface area contributed by atoms with Crippen molar-refractivity contribution in [2.45, 2.75) is 5.16 Å². The van der Waals surface area contributed by atoms with Gasteiger partial charge in [-0.2, -0.15) is 0 Å². The molecular formula is C19H14N4O4S2. The van der Waals surface area contributed by atoms with Crippen molar-refractivity contribution in [3.63, 3.8) is 0 Å². The molecule has 4 aromatic rings. The smallest absolute Gasteiger partial charge is 0.433 e. The first-order valence-electron chi connectivity index (χ1n) is 8.37. The summed E-state index contributed by atoms with van der Waals surface area (Å²) in [6.07, 6.45) is 1.64. The molecule has 3 aromatic heterocycles. The van der Waals surface area contributed by atoms with E-state index < -0.39 is 4.92 Å². The summed E-state index contributed by atoms with van der Waals surface area (Å²) in [5.74, 6) is 1.48. The Morgan fingerprint density at radius 2 is 2.07 bits per heavy atom. The van der Waals surface area contributed by atoms with E-state index in [1.807, 2.05) is 46.3 Å². The van der Waals surface area contributed by atoms with Crippen molar-refractivity contribution in [2.24, 2.45) is 0 Å². The summed E-state index contributed by atoms with van der Waals surface area (Å²) in [4.78, 5) is 11.1. The number of furan rings is 1. The highest BCUT2D eigenvalue weighted by Gasteiger charge is 2.19. The van der Waals surface area contributed by atoms with Gasteiger partial charge in [-0.1, -0.05) is 30.0 Å². The van der Waals surface area contributed by atoms with Crippen LogP contribution in [0.25, 0.3) is 22.5 Å². The lowest BCUT2D eigenvalue weighted by molar-refractivity contribution is -0.402. The first-order valence-corrected chi connectivity index (χ1v) is 10.1. The molecule has 0 spiro atoms. The minimum atomic E-state index is -0.573. The van der Waals surface area contributed by atoms with Crippen molar-refractivity contribution in [3.05, 3.63) is 75.2 Å². The molecule has 10 heteroatoms. The van der Waals surface area contributed by atoms with E-state index in [2.05, 4.69) is 10.2 Å². The maximum absolute atomic E-state index is 10.7. The lowest BCUT2D eigenvalue weighted by Gasteiger charge is -2.12. The second-order valence-electron chi connectivity index (χ2n) is 5.64. The molecule has 0 unspecified atom stereocenters. The van der Waals surface area contributed by atoms with Gasteiger partial charge < -0.3 is 9.15 Å². The zero-order chi connectivity index (χ0) is 20.2. The van der Waals surface area contributed by atoms with Crippen LogP contribution in [-0.2, 0) is 0 Å². The molecule has 3 heterocycles. The van der Waals surface area contributed by atoms with Gasteiger partial charge in [0.15, 0.2) is 5.82 Å². The molecule has 0 atom stereocenters. The molecule has 29 heavy (non-hydrogen) atoms. The molecule has 4 rings (SSSR count). The average molecular weight is 426 g/mol. The first-order chi connectivity index (χ1) is 14.2. The highest BCUT2D eigenvalue weighted by atomic mass is 32.2. The zero-order valence-electron chi connectivity index (χ0n) is 15.1. The summed E-state index contributed by atoms with van der Waals surface area (Å²) in [5.41, 5.74) is 0.813. The summed E-state index contributed by atoms with van der Waals surface area (Å²) >= 11 is 2.89. The highest BCUT2D eigenvalue weighted by Crippen LogP contribution is 2.34. The van der Waals surface area contributed by atoms with E-state index in [0.717, 1.165) is 10.6 Å². The number of thiophene rings is 1. The number of nitro groups is 1. The van der Waals surface area contributed by atoms with E-state index >= 15 is 0 Å². The van der Waals surface area contributed by atoms with Crippen molar-refractivity contribution < 1.29 is 14.1 Å². The lowest BCUT2D eigenvalue weighted by atomic mass is 10.3. The van der Waals surface area contributed by atoms with Crippen LogP contribution in [0.4, 0.5) is 5.88 Å². The van der Waals surface area contributed by atoms with Crippen LogP contribution in [0.5, 0.6) is 5.75 Å². The molecule has 0 amide bonds. The molecule has 0 aliphatic rings. The summed E-state index contributed by atoms with van der Waals surface area (Å²) < 4.78 is 12.6. The molecular weight excluding hydrogens is 412 g/mol. The Hall–Kier alpha value is -3.37. The fraction of sp³-hybridized carbons (Fsp3) is 0.0526. The first kappa shape index (κ1) is 19.0. The van der Waals surface area contributed by atoms with E-state index in [-0.39, 0.29) is 5.88 Å². The minimum Gasteiger partial charge on any atom is -0.495 e. The Morgan fingerprint density at radius 3 is 2.79 bits per heavy atom. The number of rotatable bonds is 7. The summed E-state index contributed by atoms with van der Waals surface area (Å²) in [7, 11) is 1.62. The standard InChI is InChI=1S/C19H14N4O4S2/c1-26-15-6-3-2-5-14(15)22-18(16-7-4-11-28-16)20-21-19(22)29-12-10-13-8-9-17(27-13)23(24)25/h2-12H,1H3/b12-10+. The van der Waals surface area contributed by atoms with Gasteiger partial charge in [-0.05, 0) is 41.1 Å². The zero-order valence-corrected chi connectivity index (χ0v) is 16.7. The van der Waals surface area contributed by atoms with Gasteiger partial charge in [-0.3, -0.25) is 14.7 Å². The third-order valence-corrected chi connectivity index (χ3v) is 5.51. The molecule has 0 radical (unpaired) electrons. The quantitative estimate of drug-likeness (QED) is 0.226. The molecule has 0 saturated carbocycles. The predicted molar refractivity (Wildman–Crippen MR) is 111 cm³/mol. The van der Waals surface area contributed by atoms with E-state index in [4.69, 9.17) is 9.15 Å². The number of aromatic nitrogens is 3. The number of hydrogen-bond donors (Lipinski definition) is 0. The van der Waals surface area contributed by atoms with Crippen LogP contribution in [0.3, 0.4) is 0 Å². The van der Waals surface area contributed by atoms with Crippen molar-refractivity contribution in [1.82, 2.24) is 14.8 Å². The van der Waals surface area contributed by atoms with Crippen molar-refractivity contribution in [3.8, 4) is 22.1 Å². The number of ether oxygens (including phenoxy) is 1. The fourth-order valence-electron chi connectivity index (χ4n) is 2.64. The molecule has 1 aromatic carbocycles. The Morgan fingerprint density at radius 1 is 1.21 bits per heavy atom. The van der Waals surface area contributed by atoms with Crippen LogP contribution in [0.15, 0.2) is 68.9 Å². The second kappa shape index (κ2) is 8.33. The monoisotopic (exact) mass is 426 g/mol. The Kier molecular flexibility index (Phi) is 5.45. The Labute approximate surface area is 173 Å². The van der Waals surface area contributed by atoms with Crippen LogP contribution in [-0.4, -0.2) is 26.8 Å². The van der Waals surface area contributed by atoms with Gasteiger partial charge >= 0.3 is 5.88 Å². The second-order valence-corrected chi connectivity index (χ2v) is 7.47. The molecule has 8 nitrogen and oxygen atoms in total. The molecule has 0 bridgehead atoms. The highest BCUT2D eigenvalue weighted by molar-refractivity contribution is 8.02. The number of methoxy groups -OCH3 is 1. The van der Waals surface area contributed by atoms with Gasteiger partial charge in [0.25, 0.3) is 0 Å². The van der Waals surface area contributed by atoms with Gasteiger partial charge in [0.2, 0.25) is 5.16 Å². The van der Waals surface area contributed by atoms with Crippen molar-refractivity contribution >= 4 is 35.1 Å². The Bertz CT molecular complexity index is 1160. The third kappa shape index (κ3) is 3.93. The molecule has 0 aliphatic carbocycles. The molecule has 0 aliphatic heterocycles. The number of para-hydroxylation sites is 2. The number of nitrogens with zero attached hydrogens (tertiary/aromatic N) is 4. The molecule has 0 saturated heterocycles. The predicted octanol–water partition coefficient (Wildman–Crippen LogP) is 5.27. The number of benzene rings is 1. The number of thioether (sulfide) groups is 1. The van der Waals surface area contributed by atoms with Crippen LogP contribution in [0.2, 0.25) is 0 Å². The van der Waals surface area contributed by atoms with Crippen LogP contribution in [0, 0.1) is 10.1 Å². The van der Waals surface area contributed by atoms with Gasteiger partial charge in [-0.15, -0.1) is 21.5 Å². The third-order valence-electron chi connectivity index (χ3n) is 3.90. The lowest BCUT2D eigenvalue weighted by Crippen LogP contribution is -2.01. The van der Waals surface area contributed by atoms with Gasteiger partial charge in [-0.25, -0.2) is 0 Å². The van der Waals surface area contributed by atoms with E-state index in [9.17, 15) is 10.1 Å². The summed E-state index contributed by atoms with van der Waals surface area (Å²) in [5, 5.41) is 23.8. The number of hydrogen-bond acceptors (Lipinski definition) is 8. The van der Waals surface area contributed by atoms with Crippen LogP contribution < -0.4 is 4.74 Å².